The molecule has 0 saturated heterocycles. The molecule has 0 spiro atoms. The van der Waals surface area contributed by atoms with Crippen LogP contribution in [0.5, 0.6) is 0 Å². The second-order valence-corrected chi connectivity index (χ2v) is 8.62. The molecule has 0 aliphatic carbocycles. The summed E-state index contributed by atoms with van der Waals surface area (Å²) in [5.74, 6) is -2.46. The highest BCUT2D eigenvalue weighted by molar-refractivity contribution is 7.90. The van der Waals surface area contributed by atoms with Crippen molar-refractivity contribution < 1.29 is 26.8 Å². The third-order valence-electron chi connectivity index (χ3n) is 2.91. The molecule has 140 valence electrons. The van der Waals surface area contributed by atoms with E-state index in [9.17, 15) is 26.8 Å². The van der Waals surface area contributed by atoms with Crippen molar-refractivity contribution in [2.24, 2.45) is 5.41 Å². The van der Waals surface area contributed by atoms with Crippen LogP contribution in [0.2, 0.25) is 0 Å². The summed E-state index contributed by atoms with van der Waals surface area (Å²) < 4.78 is 48.3. The Morgan fingerprint density at radius 3 is 2.12 bits per heavy atom. The van der Waals surface area contributed by atoms with Crippen LogP contribution in [0.25, 0.3) is 0 Å². The smallest absolute Gasteiger partial charge is 0.254 e. The van der Waals surface area contributed by atoms with E-state index in [2.05, 4.69) is 5.32 Å². The van der Waals surface area contributed by atoms with E-state index in [0.717, 1.165) is 0 Å². The number of benzene rings is 1. The Hall–Kier alpha value is -2.03. The van der Waals surface area contributed by atoms with Crippen molar-refractivity contribution in [2.75, 3.05) is 11.1 Å². The third kappa shape index (κ3) is 9.13. The highest BCUT2D eigenvalue weighted by atomic mass is 32.2. The van der Waals surface area contributed by atoms with E-state index in [-0.39, 0.29) is 17.7 Å². The van der Waals surface area contributed by atoms with Gasteiger partial charge in [0.25, 0.3) is 6.43 Å². The number of alkyl halides is 2. The second-order valence-electron chi connectivity index (χ2n) is 6.86. The van der Waals surface area contributed by atoms with Gasteiger partial charge < -0.3 is 5.32 Å². The summed E-state index contributed by atoms with van der Waals surface area (Å²) in [6.07, 6.45) is -2.99. The summed E-state index contributed by atoms with van der Waals surface area (Å²) in [6, 6.07) is 6.26. The number of carbonyl (C=O) groups excluding carboxylic acids is 2. The molecule has 0 aliphatic rings. The average molecular weight is 376 g/mol. The number of hydrogen-bond acceptors (Lipinski definition) is 4. The molecular formula is C16H22F2N2O4S. The lowest BCUT2D eigenvalue weighted by Crippen LogP contribution is -2.35. The molecule has 1 aromatic rings. The van der Waals surface area contributed by atoms with E-state index in [0.29, 0.717) is 17.7 Å². The number of amides is 2. The zero-order chi connectivity index (χ0) is 19.3. The maximum Gasteiger partial charge on any atom is 0.254 e. The number of rotatable bonds is 7. The molecule has 25 heavy (non-hydrogen) atoms. The number of carbonyl (C=O) groups is 2. The molecule has 0 radical (unpaired) electrons. The van der Waals surface area contributed by atoms with Crippen LogP contribution < -0.4 is 10.0 Å². The Morgan fingerprint density at radius 2 is 1.64 bits per heavy atom. The Balaban J connectivity index is 2.59. The highest BCUT2D eigenvalue weighted by Gasteiger charge is 2.20. The maximum atomic E-state index is 12.1. The monoisotopic (exact) mass is 376 g/mol. The van der Waals surface area contributed by atoms with Gasteiger partial charge >= 0.3 is 0 Å². The summed E-state index contributed by atoms with van der Waals surface area (Å²) >= 11 is 0. The van der Waals surface area contributed by atoms with Gasteiger partial charge in [0, 0.05) is 12.1 Å². The lowest BCUT2D eigenvalue weighted by atomic mass is 9.92. The van der Waals surface area contributed by atoms with Crippen LogP contribution >= 0.6 is 0 Å². The Bertz CT molecular complexity index is 711. The molecule has 0 heterocycles. The fraction of sp³-hybridized carbons (Fsp3) is 0.500. The zero-order valence-corrected chi connectivity index (χ0v) is 15.1. The predicted octanol–water partition coefficient (Wildman–Crippen LogP) is 2.31. The molecule has 6 nitrogen and oxygen atoms in total. The van der Waals surface area contributed by atoms with E-state index in [1.54, 1.807) is 29.0 Å². The van der Waals surface area contributed by atoms with Crippen molar-refractivity contribution in [1.29, 1.82) is 0 Å². The molecule has 1 aromatic carbocycles. The predicted molar refractivity (Wildman–Crippen MR) is 90.8 cm³/mol. The van der Waals surface area contributed by atoms with Crippen LogP contribution in [0.1, 0.15) is 32.8 Å². The van der Waals surface area contributed by atoms with Crippen LogP contribution in [0, 0.1) is 5.41 Å². The molecule has 2 N–H and O–H groups in total. The van der Waals surface area contributed by atoms with Crippen LogP contribution in [0.15, 0.2) is 24.3 Å². The first-order valence-corrected chi connectivity index (χ1v) is 9.22. The fourth-order valence-electron chi connectivity index (χ4n) is 2.00. The zero-order valence-electron chi connectivity index (χ0n) is 14.3. The van der Waals surface area contributed by atoms with Crippen molar-refractivity contribution in [3.63, 3.8) is 0 Å². The maximum absolute atomic E-state index is 12.1. The van der Waals surface area contributed by atoms with E-state index in [1.807, 2.05) is 20.8 Å². The first-order valence-electron chi connectivity index (χ1n) is 7.56. The second kappa shape index (κ2) is 8.37. The van der Waals surface area contributed by atoms with Gasteiger partial charge in [0.2, 0.25) is 21.8 Å². The molecule has 0 saturated carbocycles. The molecule has 2 amide bonds. The Morgan fingerprint density at radius 1 is 1.08 bits per heavy atom. The normalized spacial score (nSPS) is 12.1. The van der Waals surface area contributed by atoms with Gasteiger partial charge in [0.1, 0.15) is 5.75 Å². The standard InChI is InChI=1S/C16H22F2N2O4S/c1-16(2,3)9-15(22)19-12-6-4-11(5-7-12)8-14(21)20-25(23,24)10-13(17)18/h4-7,13H,8-10H2,1-3H3,(H,19,22)(H,20,21). The molecule has 0 aliphatic heterocycles. The molecular weight excluding hydrogens is 354 g/mol. The minimum absolute atomic E-state index is 0.143. The van der Waals surface area contributed by atoms with Crippen LogP contribution in [-0.4, -0.2) is 32.4 Å². The van der Waals surface area contributed by atoms with Gasteiger partial charge in [-0.3, -0.25) is 14.3 Å². The van der Waals surface area contributed by atoms with Gasteiger partial charge in [-0.15, -0.1) is 0 Å². The van der Waals surface area contributed by atoms with E-state index in [1.165, 1.54) is 0 Å². The van der Waals surface area contributed by atoms with E-state index < -0.39 is 28.1 Å². The summed E-state index contributed by atoms with van der Waals surface area (Å²) in [5.41, 5.74) is 0.883. The lowest BCUT2D eigenvalue weighted by molar-refractivity contribution is -0.119. The van der Waals surface area contributed by atoms with Crippen LogP contribution in [0.4, 0.5) is 14.5 Å². The molecule has 9 heteroatoms. The van der Waals surface area contributed by atoms with Crippen molar-refractivity contribution in [3.8, 4) is 0 Å². The first kappa shape index (κ1) is 21.0. The van der Waals surface area contributed by atoms with Crippen molar-refractivity contribution in [3.05, 3.63) is 29.8 Å². The fourth-order valence-corrected chi connectivity index (χ4v) is 2.83. The number of sulfonamides is 1. The molecule has 1 rings (SSSR count). The minimum Gasteiger partial charge on any atom is -0.326 e. The Kier molecular flexibility index (Phi) is 7.04. The number of hydrogen-bond donors (Lipinski definition) is 2. The van der Waals surface area contributed by atoms with Gasteiger partial charge in [-0.25, -0.2) is 17.2 Å². The number of anilines is 1. The van der Waals surface area contributed by atoms with Crippen molar-refractivity contribution in [1.82, 2.24) is 4.72 Å². The molecule has 0 fully saturated rings. The summed E-state index contributed by atoms with van der Waals surface area (Å²) in [7, 11) is -4.35. The van der Waals surface area contributed by atoms with Gasteiger partial charge in [-0.05, 0) is 23.1 Å². The third-order valence-corrected chi connectivity index (χ3v) is 4.14. The van der Waals surface area contributed by atoms with Crippen molar-refractivity contribution >= 4 is 27.5 Å². The van der Waals surface area contributed by atoms with Gasteiger partial charge in [-0.1, -0.05) is 32.9 Å². The van der Waals surface area contributed by atoms with Crippen molar-refractivity contribution in [2.45, 2.75) is 40.0 Å². The molecule has 0 aromatic heterocycles. The topological polar surface area (TPSA) is 92.3 Å². The SMILES string of the molecule is CC(C)(C)CC(=O)Nc1ccc(CC(=O)NS(=O)(=O)CC(F)F)cc1. The van der Waals surface area contributed by atoms with E-state index in [4.69, 9.17) is 0 Å². The van der Waals surface area contributed by atoms with Crippen LogP contribution in [0.3, 0.4) is 0 Å². The van der Waals surface area contributed by atoms with E-state index >= 15 is 0 Å². The largest absolute Gasteiger partial charge is 0.326 e. The summed E-state index contributed by atoms with van der Waals surface area (Å²) in [4.78, 5) is 23.5. The molecule has 0 bridgehead atoms. The first-order chi connectivity index (χ1) is 11.4. The van der Waals surface area contributed by atoms with Gasteiger partial charge in [0.15, 0.2) is 0 Å². The summed E-state index contributed by atoms with van der Waals surface area (Å²) in [5, 5.41) is 2.72. The molecule has 0 unspecified atom stereocenters. The Labute approximate surface area is 146 Å². The minimum atomic E-state index is -4.35. The average Bonchev–Trinajstić information content (AvgIpc) is 2.36. The lowest BCUT2D eigenvalue weighted by Gasteiger charge is -2.17. The van der Waals surface area contributed by atoms with Gasteiger partial charge in [-0.2, -0.15) is 0 Å². The van der Waals surface area contributed by atoms with Gasteiger partial charge in [0.05, 0.1) is 6.42 Å². The quantitative estimate of drug-likeness (QED) is 0.764. The van der Waals surface area contributed by atoms with Crippen LogP contribution in [-0.2, 0) is 26.0 Å². The molecule has 0 atom stereocenters. The number of halogens is 2. The number of nitrogens with one attached hydrogen (secondary N) is 2. The summed E-state index contributed by atoms with van der Waals surface area (Å²) in [6.45, 7) is 5.82. The highest BCUT2D eigenvalue weighted by Crippen LogP contribution is 2.19.